The van der Waals surface area contributed by atoms with Gasteiger partial charge in [-0.15, -0.1) is 0 Å². The smallest absolute Gasteiger partial charge is 0.318 e. The standard InChI is InChI=1S/C12H6N4O10S2/c17-11-7(15(23)24)1-5(13(19)20)3-9(11)27-28-10-4-6(14(21)22)2-8(12(10)18)16(25)26/h1-4,17-18H. The van der Waals surface area contributed by atoms with Crippen LogP contribution in [-0.4, -0.2) is 29.9 Å². The second-order valence-corrected chi connectivity index (χ2v) is 7.03. The van der Waals surface area contributed by atoms with Crippen molar-refractivity contribution in [2.24, 2.45) is 0 Å². The minimum atomic E-state index is -1.05. The lowest BCUT2D eigenvalue weighted by molar-refractivity contribution is -0.395. The van der Waals surface area contributed by atoms with E-state index in [1.807, 2.05) is 0 Å². The van der Waals surface area contributed by atoms with Crippen LogP contribution in [0.15, 0.2) is 34.1 Å². The molecule has 28 heavy (non-hydrogen) atoms. The van der Waals surface area contributed by atoms with Gasteiger partial charge in [0.25, 0.3) is 11.4 Å². The van der Waals surface area contributed by atoms with Crippen molar-refractivity contribution in [3.05, 3.63) is 64.7 Å². The zero-order valence-corrected chi connectivity index (χ0v) is 14.7. The molecule has 0 saturated heterocycles. The number of hydrogen-bond acceptors (Lipinski definition) is 12. The van der Waals surface area contributed by atoms with Crippen LogP contribution in [0.5, 0.6) is 11.5 Å². The van der Waals surface area contributed by atoms with Crippen LogP contribution in [-0.2, 0) is 0 Å². The van der Waals surface area contributed by atoms with E-state index < -0.39 is 53.9 Å². The van der Waals surface area contributed by atoms with Crippen molar-refractivity contribution in [3.8, 4) is 11.5 Å². The van der Waals surface area contributed by atoms with Crippen molar-refractivity contribution in [1.29, 1.82) is 0 Å². The molecule has 2 rings (SSSR count). The van der Waals surface area contributed by atoms with Crippen molar-refractivity contribution < 1.29 is 29.9 Å². The fourth-order valence-electron chi connectivity index (χ4n) is 1.86. The van der Waals surface area contributed by atoms with Crippen LogP contribution in [0.2, 0.25) is 0 Å². The van der Waals surface area contributed by atoms with Gasteiger partial charge < -0.3 is 10.2 Å². The highest BCUT2D eigenvalue weighted by atomic mass is 33.1. The summed E-state index contributed by atoms with van der Waals surface area (Å²) in [6.45, 7) is 0. The molecule has 0 amide bonds. The highest BCUT2D eigenvalue weighted by molar-refractivity contribution is 8.76. The van der Waals surface area contributed by atoms with Crippen molar-refractivity contribution in [3.63, 3.8) is 0 Å². The molecule has 2 aromatic rings. The zero-order chi connectivity index (χ0) is 21.2. The Labute approximate surface area is 160 Å². The normalized spacial score (nSPS) is 10.4. The van der Waals surface area contributed by atoms with Gasteiger partial charge in [0, 0.05) is 12.1 Å². The highest BCUT2D eigenvalue weighted by Crippen LogP contribution is 2.50. The van der Waals surface area contributed by atoms with Crippen LogP contribution >= 0.6 is 21.6 Å². The largest absolute Gasteiger partial charge is 0.501 e. The van der Waals surface area contributed by atoms with E-state index in [-0.39, 0.29) is 9.79 Å². The zero-order valence-electron chi connectivity index (χ0n) is 13.1. The van der Waals surface area contributed by atoms with E-state index in [2.05, 4.69) is 0 Å². The summed E-state index contributed by atoms with van der Waals surface area (Å²) < 4.78 is 0. The Bertz CT molecular complexity index is 946. The number of aromatic hydroxyl groups is 2. The lowest BCUT2D eigenvalue weighted by Gasteiger charge is -2.06. The molecule has 16 heteroatoms. The fraction of sp³-hybridized carbons (Fsp3) is 0. The van der Waals surface area contributed by atoms with E-state index in [0.717, 1.165) is 12.1 Å². The Balaban J connectivity index is 2.49. The third-order valence-electron chi connectivity index (χ3n) is 3.12. The first-order valence-electron chi connectivity index (χ1n) is 6.69. The maximum atomic E-state index is 10.9. The van der Waals surface area contributed by atoms with Crippen LogP contribution in [0.1, 0.15) is 0 Å². The quantitative estimate of drug-likeness (QED) is 0.366. The van der Waals surface area contributed by atoms with Crippen molar-refractivity contribution >= 4 is 44.3 Å². The van der Waals surface area contributed by atoms with E-state index in [1.54, 1.807) is 0 Å². The predicted molar refractivity (Wildman–Crippen MR) is 94.5 cm³/mol. The maximum absolute atomic E-state index is 10.9. The van der Waals surface area contributed by atoms with Crippen LogP contribution < -0.4 is 0 Å². The average molecular weight is 430 g/mol. The van der Waals surface area contributed by atoms with Crippen LogP contribution in [0.25, 0.3) is 0 Å². The monoisotopic (exact) mass is 430 g/mol. The fourth-order valence-corrected chi connectivity index (χ4v) is 4.05. The lowest BCUT2D eigenvalue weighted by Crippen LogP contribution is -1.95. The number of nitrogens with zero attached hydrogens (tertiary/aromatic N) is 4. The minimum Gasteiger partial charge on any atom is -0.501 e. The molecule has 2 aromatic carbocycles. The van der Waals surface area contributed by atoms with Crippen molar-refractivity contribution in [1.82, 2.24) is 0 Å². The molecular weight excluding hydrogens is 424 g/mol. The summed E-state index contributed by atoms with van der Waals surface area (Å²) in [5.74, 6) is -1.82. The Morgan fingerprint density at radius 2 is 0.929 bits per heavy atom. The molecule has 0 heterocycles. The highest BCUT2D eigenvalue weighted by Gasteiger charge is 2.27. The van der Waals surface area contributed by atoms with Crippen LogP contribution in [0.4, 0.5) is 22.7 Å². The van der Waals surface area contributed by atoms with Gasteiger partial charge in [0.05, 0.1) is 41.6 Å². The van der Waals surface area contributed by atoms with Crippen LogP contribution in [0.3, 0.4) is 0 Å². The van der Waals surface area contributed by atoms with Gasteiger partial charge in [0.2, 0.25) is 11.5 Å². The van der Waals surface area contributed by atoms with E-state index in [0.29, 0.717) is 33.7 Å². The number of benzene rings is 2. The first kappa shape index (κ1) is 20.6. The maximum Gasteiger partial charge on any atom is 0.318 e. The Hall–Kier alpha value is -3.66. The molecule has 2 N–H and O–H groups in total. The second-order valence-electron chi connectivity index (χ2n) is 4.82. The Morgan fingerprint density at radius 1 is 0.607 bits per heavy atom. The Morgan fingerprint density at radius 3 is 1.18 bits per heavy atom. The van der Waals surface area contributed by atoms with Gasteiger partial charge in [0.1, 0.15) is 0 Å². The van der Waals surface area contributed by atoms with Gasteiger partial charge in [-0.25, -0.2) is 0 Å². The number of nitro groups is 4. The summed E-state index contributed by atoms with van der Waals surface area (Å²) in [7, 11) is 0.942. The summed E-state index contributed by atoms with van der Waals surface area (Å²) >= 11 is 0. The van der Waals surface area contributed by atoms with Crippen LogP contribution in [0, 0.1) is 40.5 Å². The molecule has 0 aliphatic rings. The van der Waals surface area contributed by atoms with Gasteiger partial charge >= 0.3 is 11.4 Å². The molecule has 0 aliphatic heterocycles. The summed E-state index contributed by atoms with van der Waals surface area (Å²) in [6.07, 6.45) is 0. The number of phenolic OH excluding ortho intramolecular Hbond substituents is 2. The molecule has 0 unspecified atom stereocenters. The lowest BCUT2D eigenvalue weighted by atomic mass is 10.2. The molecule has 0 aromatic heterocycles. The first-order valence-corrected chi connectivity index (χ1v) is 8.84. The third-order valence-corrected chi connectivity index (χ3v) is 5.51. The van der Waals surface area contributed by atoms with Gasteiger partial charge in [-0.3, -0.25) is 40.5 Å². The van der Waals surface area contributed by atoms with Gasteiger partial charge in [-0.2, -0.15) is 0 Å². The van der Waals surface area contributed by atoms with Gasteiger partial charge in [0.15, 0.2) is 0 Å². The van der Waals surface area contributed by atoms with Gasteiger partial charge in [-0.05, 0) is 21.6 Å². The number of non-ortho nitro benzene ring substituents is 2. The van der Waals surface area contributed by atoms with Crippen molar-refractivity contribution in [2.45, 2.75) is 9.79 Å². The van der Waals surface area contributed by atoms with E-state index in [1.165, 1.54) is 0 Å². The van der Waals surface area contributed by atoms with Crippen molar-refractivity contribution in [2.75, 3.05) is 0 Å². The molecule has 0 atom stereocenters. The number of hydrogen-bond donors (Lipinski definition) is 2. The minimum absolute atomic E-state index is 0.362. The van der Waals surface area contributed by atoms with E-state index in [9.17, 15) is 50.7 Å². The molecule has 0 saturated carbocycles. The SMILES string of the molecule is O=[N+]([O-])c1cc(SSc2cc([N+](=O)[O-])cc([N+](=O)[O-])c2O)c(O)c([N+](=O)[O-])c1. The molecule has 0 radical (unpaired) electrons. The predicted octanol–water partition coefficient (Wildman–Crippen LogP) is 3.53. The molecule has 146 valence electrons. The number of phenols is 2. The Kier molecular flexibility index (Phi) is 5.84. The number of nitro benzene ring substituents is 4. The molecular formula is C12H6N4O10S2. The summed E-state index contributed by atoms with van der Waals surface area (Å²) in [5.41, 5.74) is -3.32. The average Bonchev–Trinajstić information content (AvgIpc) is 2.60. The van der Waals surface area contributed by atoms with Gasteiger partial charge in [-0.1, -0.05) is 0 Å². The first-order chi connectivity index (χ1) is 13.0. The second kappa shape index (κ2) is 7.92. The van der Waals surface area contributed by atoms with E-state index >= 15 is 0 Å². The summed E-state index contributed by atoms with van der Waals surface area (Å²) in [6, 6.07) is 2.70. The van der Waals surface area contributed by atoms with E-state index in [4.69, 9.17) is 0 Å². The molecule has 0 bridgehead atoms. The third kappa shape index (κ3) is 4.18. The topological polar surface area (TPSA) is 213 Å². The summed E-state index contributed by atoms with van der Waals surface area (Å²) in [4.78, 5) is 39.0. The molecule has 0 fully saturated rings. The molecule has 0 aliphatic carbocycles. The number of rotatable bonds is 7. The molecule has 14 nitrogen and oxygen atoms in total. The summed E-state index contributed by atoms with van der Waals surface area (Å²) in [5, 5.41) is 63.5. The molecule has 0 spiro atoms.